The van der Waals surface area contributed by atoms with Crippen LogP contribution in [-0.4, -0.2) is 49.1 Å². The van der Waals surface area contributed by atoms with Crippen LogP contribution in [0.4, 0.5) is 0 Å². The van der Waals surface area contributed by atoms with E-state index < -0.39 is 0 Å². The van der Waals surface area contributed by atoms with Crippen molar-refractivity contribution in [2.24, 2.45) is 17.3 Å². The molecule has 2 atom stereocenters. The van der Waals surface area contributed by atoms with Gasteiger partial charge in [0.1, 0.15) is 0 Å². The van der Waals surface area contributed by atoms with Crippen molar-refractivity contribution in [3.63, 3.8) is 0 Å². The van der Waals surface area contributed by atoms with Gasteiger partial charge in [-0.1, -0.05) is 25.7 Å². The molecule has 0 bridgehead atoms. The molecule has 2 aliphatic carbocycles. The molecule has 0 aromatic carbocycles. The van der Waals surface area contributed by atoms with Gasteiger partial charge in [0, 0.05) is 37.6 Å². The van der Waals surface area contributed by atoms with Crippen LogP contribution in [-0.2, 0) is 14.3 Å². The van der Waals surface area contributed by atoms with E-state index in [9.17, 15) is 9.59 Å². The molecular weight excluding hydrogens is 304 g/mol. The van der Waals surface area contributed by atoms with E-state index in [1.54, 1.807) is 0 Å². The van der Waals surface area contributed by atoms with Crippen LogP contribution in [0.15, 0.2) is 0 Å². The molecule has 2 heterocycles. The molecule has 2 saturated heterocycles. The lowest BCUT2D eigenvalue weighted by molar-refractivity contribution is -0.147. The van der Waals surface area contributed by atoms with Crippen molar-refractivity contribution >= 4 is 11.8 Å². The molecular formula is C19H30N2O3. The number of carbonyl (C=O) groups is 2. The quantitative estimate of drug-likeness (QED) is 0.856. The lowest BCUT2D eigenvalue weighted by atomic mass is 9.82. The number of rotatable bonds is 4. The standard InChI is InChI=1S/C19H30N2O3/c22-17(20-13-19-8-4-7-16(19)24-10-9-19)15-11-21(12-15)18(23)14-5-2-1-3-6-14/h14-16H,1-13H2,(H,20,22)/t16-,19-/m1/s1. The Hall–Kier alpha value is -1.10. The average Bonchev–Trinajstić information content (AvgIpc) is 3.12. The molecule has 24 heavy (non-hydrogen) atoms. The van der Waals surface area contributed by atoms with Crippen molar-refractivity contribution in [3.8, 4) is 0 Å². The Morgan fingerprint density at radius 3 is 2.58 bits per heavy atom. The van der Waals surface area contributed by atoms with Crippen LogP contribution in [0.25, 0.3) is 0 Å². The van der Waals surface area contributed by atoms with Crippen molar-refractivity contribution in [2.75, 3.05) is 26.2 Å². The van der Waals surface area contributed by atoms with E-state index in [4.69, 9.17) is 4.74 Å². The van der Waals surface area contributed by atoms with Gasteiger partial charge in [0.05, 0.1) is 12.0 Å². The van der Waals surface area contributed by atoms with E-state index in [1.807, 2.05) is 4.90 Å². The maximum Gasteiger partial charge on any atom is 0.226 e. The zero-order chi connectivity index (χ0) is 16.6. The summed E-state index contributed by atoms with van der Waals surface area (Å²) in [5.41, 5.74) is 0.191. The summed E-state index contributed by atoms with van der Waals surface area (Å²) >= 11 is 0. The number of carbonyl (C=O) groups excluding carboxylic acids is 2. The van der Waals surface area contributed by atoms with Gasteiger partial charge in [-0.05, 0) is 32.1 Å². The predicted octanol–water partition coefficient (Wildman–Crippen LogP) is 2.10. The topological polar surface area (TPSA) is 58.6 Å². The first kappa shape index (κ1) is 16.4. The number of hydrogen-bond acceptors (Lipinski definition) is 3. The third-order valence-electron chi connectivity index (χ3n) is 6.88. The average molecular weight is 334 g/mol. The molecule has 4 aliphatic rings. The van der Waals surface area contributed by atoms with Gasteiger partial charge in [0.15, 0.2) is 0 Å². The summed E-state index contributed by atoms with van der Waals surface area (Å²) in [5, 5.41) is 3.17. The van der Waals surface area contributed by atoms with E-state index in [0.717, 1.165) is 38.8 Å². The summed E-state index contributed by atoms with van der Waals surface area (Å²) in [6.07, 6.45) is 10.7. The van der Waals surface area contributed by atoms with E-state index in [2.05, 4.69) is 5.32 Å². The Morgan fingerprint density at radius 2 is 1.79 bits per heavy atom. The number of amides is 2. The van der Waals surface area contributed by atoms with Crippen molar-refractivity contribution in [1.29, 1.82) is 0 Å². The summed E-state index contributed by atoms with van der Waals surface area (Å²) in [7, 11) is 0. The molecule has 1 N–H and O–H groups in total. The molecule has 4 rings (SSSR count). The number of hydrogen-bond donors (Lipinski definition) is 1. The smallest absolute Gasteiger partial charge is 0.226 e. The second-order valence-corrected chi connectivity index (χ2v) is 8.36. The van der Waals surface area contributed by atoms with Crippen molar-refractivity contribution in [2.45, 2.75) is 63.9 Å². The third-order valence-corrected chi connectivity index (χ3v) is 6.88. The first-order valence-electron chi connectivity index (χ1n) is 9.86. The second-order valence-electron chi connectivity index (χ2n) is 8.36. The van der Waals surface area contributed by atoms with Crippen LogP contribution in [0.3, 0.4) is 0 Å². The van der Waals surface area contributed by atoms with Crippen LogP contribution in [0.1, 0.15) is 57.8 Å². The van der Waals surface area contributed by atoms with Gasteiger partial charge in [-0.25, -0.2) is 0 Å². The zero-order valence-electron chi connectivity index (χ0n) is 14.6. The molecule has 134 valence electrons. The van der Waals surface area contributed by atoms with Gasteiger partial charge in [-0.3, -0.25) is 9.59 Å². The fraction of sp³-hybridized carbons (Fsp3) is 0.895. The first-order chi connectivity index (χ1) is 11.7. The van der Waals surface area contributed by atoms with Crippen molar-refractivity contribution < 1.29 is 14.3 Å². The summed E-state index contributed by atoms with van der Waals surface area (Å²) in [6.45, 7) is 2.83. The fourth-order valence-electron chi connectivity index (χ4n) is 5.19. The Kier molecular flexibility index (Phi) is 4.54. The molecule has 5 nitrogen and oxygen atoms in total. The number of ether oxygens (including phenoxy) is 1. The van der Waals surface area contributed by atoms with Gasteiger partial charge >= 0.3 is 0 Å². The lowest BCUT2D eigenvalue weighted by Gasteiger charge is -2.41. The second kappa shape index (κ2) is 6.66. The first-order valence-corrected chi connectivity index (χ1v) is 9.86. The highest BCUT2D eigenvalue weighted by atomic mass is 16.5. The maximum atomic E-state index is 12.4. The summed E-state index contributed by atoms with van der Waals surface area (Å²) < 4.78 is 5.82. The highest BCUT2D eigenvalue weighted by molar-refractivity contribution is 5.85. The zero-order valence-corrected chi connectivity index (χ0v) is 14.6. The summed E-state index contributed by atoms with van der Waals surface area (Å²) in [6, 6.07) is 0. The molecule has 2 amide bonds. The van der Waals surface area contributed by atoms with Crippen LogP contribution in [0.5, 0.6) is 0 Å². The molecule has 0 unspecified atom stereocenters. The van der Waals surface area contributed by atoms with Crippen LogP contribution in [0.2, 0.25) is 0 Å². The number of fused-ring (bicyclic) bond motifs is 1. The predicted molar refractivity (Wildman–Crippen MR) is 90.3 cm³/mol. The number of nitrogens with one attached hydrogen (secondary N) is 1. The van der Waals surface area contributed by atoms with Gasteiger partial charge in [-0.15, -0.1) is 0 Å². The highest BCUT2D eigenvalue weighted by Gasteiger charge is 2.48. The molecule has 4 fully saturated rings. The van der Waals surface area contributed by atoms with E-state index in [-0.39, 0.29) is 29.1 Å². The number of likely N-dealkylation sites (tertiary alicyclic amines) is 1. The Bertz CT molecular complexity index is 485. The Balaban J connectivity index is 1.22. The monoisotopic (exact) mass is 334 g/mol. The fourth-order valence-corrected chi connectivity index (χ4v) is 5.19. The van der Waals surface area contributed by atoms with E-state index in [1.165, 1.54) is 32.1 Å². The Morgan fingerprint density at radius 1 is 1.00 bits per heavy atom. The van der Waals surface area contributed by atoms with Crippen molar-refractivity contribution in [3.05, 3.63) is 0 Å². The normalized spacial score (nSPS) is 34.0. The molecule has 0 radical (unpaired) electrons. The minimum atomic E-state index is -0.00360. The minimum Gasteiger partial charge on any atom is -0.378 e. The van der Waals surface area contributed by atoms with Crippen LogP contribution in [0, 0.1) is 17.3 Å². The SMILES string of the molecule is O=C(NC[C@]12CCC[C@H]1OCC2)C1CN(C(=O)C2CCCCC2)C1. The van der Waals surface area contributed by atoms with E-state index in [0.29, 0.717) is 19.2 Å². The molecule has 0 aromatic rings. The maximum absolute atomic E-state index is 12.4. The van der Waals surface area contributed by atoms with Gasteiger partial charge in [-0.2, -0.15) is 0 Å². The lowest BCUT2D eigenvalue weighted by Crippen LogP contribution is -2.58. The largest absolute Gasteiger partial charge is 0.378 e. The van der Waals surface area contributed by atoms with E-state index >= 15 is 0 Å². The van der Waals surface area contributed by atoms with Crippen LogP contribution < -0.4 is 5.32 Å². The number of nitrogens with zero attached hydrogens (tertiary/aromatic N) is 1. The van der Waals surface area contributed by atoms with Gasteiger partial charge in [0.2, 0.25) is 11.8 Å². The third kappa shape index (κ3) is 2.96. The highest BCUT2D eigenvalue weighted by Crippen LogP contribution is 2.46. The molecule has 2 aliphatic heterocycles. The van der Waals surface area contributed by atoms with Crippen LogP contribution >= 0.6 is 0 Å². The summed E-state index contributed by atoms with van der Waals surface area (Å²) in [4.78, 5) is 26.8. The minimum absolute atomic E-state index is 0.00360. The van der Waals surface area contributed by atoms with Gasteiger partial charge in [0.25, 0.3) is 0 Å². The molecule has 5 heteroatoms. The molecule has 2 saturated carbocycles. The van der Waals surface area contributed by atoms with Gasteiger partial charge < -0.3 is 15.0 Å². The molecule has 0 spiro atoms. The van der Waals surface area contributed by atoms with Crippen molar-refractivity contribution in [1.82, 2.24) is 10.2 Å². The molecule has 0 aromatic heterocycles. The Labute approximate surface area is 144 Å². The summed E-state index contributed by atoms with van der Waals surface area (Å²) in [5.74, 6) is 0.639.